The molecule has 1 aromatic carbocycles. The molecule has 0 heterocycles. The Bertz CT molecular complexity index is 367. The fourth-order valence-corrected chi connectivity index (χ4v) is 2.96. The summed E-state index contributed by atoms with van der Waals surface area (Å²) in [5.41, 5.74) is 6.99. The average Bonchev–Trinajstić information content (AvgIpc) is 2.39. The van der Waals surface area contributed by atoms with Gasteiger partial charge in [0.15, 0.2) is 0 Å². The summed E-state index contributed by atoms with van der Waals surface area (Å²) in [6.07, 6.45) is 5.38. The highest BCUT2D eigenvalue weighted by Gasteiger charge is 2.28. The summed E-state index contributed by atoms with van der Waals surface area (Å²) < 4.78 is 0. The van der Waals surface area contributed by atoms with Gasteiger partial charge in [0.25, 0.3) is 0 Å². The summed E-state index contributed by atoms with van der Waals surface area (Å²) in [6.45, 7) is 0. The average molecular weight is 290 g/mol. The SMILES string of the molecule is Cl.N[C@@H](c1ccccc1Cl)[C@H](O)C1CCCCC1. The zero-order valence-corrected chi connectivity index (χ0v) is 12.0. The van der Waals surface area contributed by atoms with E-state index in [0.29, 0.717) is 10.9 Å². The molecule has 2 atom stereocenters. The minimum atomic E-state index is -0.477. The maximum atomic E-state index is 10.3. The zero-order chi connectivity index (χ0) is 12.3. The van der Waals surface area contributed by atoms with E-state index in [1.807, 2.05) is 24.3 Å². The molecule has 2 rings (SSSR count). The Kier molecular flexibility index (Phi) is 6.44. The monoisotopic (exact) mass is 289 g/mol. The minimum Gasteiger partial charge on any atom is -0.391 e. The topological polar surface area (TPSA) is 46.2 Å². The Morgan fingerprint density at radius 2 is 1.78 bits per heavy atom. The van der Waals surface area contributed by atoms with Gasteiger partial charge in [-0.2, -0.15) is 0 Å². The van der Waals surface area contributed by atoms with Gasteiger partial charge in [0.1, 0.15) is 0 Å². The van der Waals surface area contributed by atoms with Gasteiger partial charge < -0.3 is 10.8 Å². The molecule has 1 aliphatic carbocycles. The Morgan fingerprint density at radius 1 is 1.17 bits per heavy atom. The second kappa shape index (κ2) is 7.34. The lowest BCUT2D eigenvalue weighted by molar-refractivity contribution is 0.0618. The molecule has 1 aromatic rings. The Morgan fingerprint density at radius 3 is 2.39 bits per heavy atom. The van der Waals surface area contributed by atoms with Crippen molar-refractivity contribution in [2.45, 2.75) is 44.2 Å². The van der Waals surface area contributed by atoms with Crippen molar-refractivity contribution in [1.82, 2.24) is 0 Å². The van der Waals surface area contributed by atoms with Crippen LogP contribution in [0.5, 0.6) is 0 Å². The van der Waals surface area contributed by atoms with Crippen LogP contribution in [0.4, 0.5) is 0 Å². The third-order valence-electron chi connectivity index (χ3n) is 3.77. The summed E-state index contributed by atoms with van der Waals surface area (Å²) in [5, 5.41) is 11.0. The molecule has 0 saturated heterocycles. The number of aliphatic hydroxyl groups excluding tert-OH is 1. The predicted molar refractivity (Wildman–Crippen MR) is 78.2 cm³/mol. The van der Waals surface area contributed by atoms with Crippen LogP contribution >= 0.6 is 24.0 Å². The molecule has 0 radical (unpaired) electrons. The van der Waals surface area contributed by atoms with Crippen LogP contribution in [0, 0.1) is 5.92 Å². The number of benzene rings is 1. The highest BCUT2D eigenvalue weighted by Crippen LogP contribution is 2.33. The molecule has 0 aliphatic heterocycles. The quantitative estimate of drug-likeness (QED) is 0.891. The Balaban J connectivity index is 0.00000162. The first-order valence-electron chi connectivity index (χ1n) is 6.38. The molecule has 1 aliphatic rings. The van der Waals surface area contributed by atoms with E-state index in [1.165, 1.54) is 19.3 Å². The largest absolute Gasteiger partial charge is 0.391 e. The van der Waals surface area contributed by atoms with Crippen molar-refractivity contribution in [3.63, 3.8) is 0 Å². The van der Waals surface area contributed by atoms with Crippen LogP contribution in [0.15, 0.2) is 24.3 Å². The van der Waals surface area contributed by atoms with E-state index in [1.54, 1.807) is 0 Å². The van der Waals surface area contributed by atoms with Gasteiger partial charge >= 0.3 is 0 Å². The van der Waals surface area contributed by atoms with Crippen molar-refractivity contribution < 1.29 is 5.11 Å². The minimum absolute atomic E-state index is 0. The van der Waals surface area contributed by atoms with Crippen LogP contribution in [-0.2, 0) is 0 Å². The van der Waals surface area contributed by atoms with Crippen LogP contribution in [-0.4, -0.2) is 11.2 Å². The summed E-state index contributed by atoms with van der Waals surface area (Å²) in [4.78, 5) is 0. The summed E-state index contributed by atoms with van der Waals surface area (Å²) in [7, 11) is 0. The molecule has 3 N–H and O–H groups in total. The molecular weight excluding hydrogens is 269 g/mol. The summed E-state index contributed by atoms with van der Waals surface area (Å²) in [6, 6.07) is 7.15. The zero-order valence-electron chi connectivity index (χ0n) is 10.4. The van der Waals surface area contributed by atoms with Gasteiger partial charge in [-0.05, 0) is 30.4 Å². The molecule has 2 nitrogen and oxygen atoms in total. The molecule has 0 bridgehead atoms. The van der Waals surface area contributed by atoms with E-state index in [2.05, 4.69) is 0 Å². The van der Waals surface area contributed by atoms with Crippen molar-refractivity contribution in [3.05, 3.63) is 34.9 Å². The van der Waals surface area contributed by atoms with Crippen molar-refractivity contribution in [2.75, 3.05) is 0 Å². The van der Waals surface area contributed by atoms with Gasteiger partial charge in [-0.1, -0.05) is 49.1 Å². The van der Waals surface area contributed by atoms with Crippen molar-refractivity contribution in [1.29, 1.82) is 0 Å². The number of aliphatic hydroxyl groups is 1. The van der Waals surface area contributed by atoms with E-state index in [-0.39, 0.29) is 18.4 Å². The maximum absolute atomic E-state index is 10.3. The van der Waals surface area contributed by atoms with E-state index in [4.69, 9.17) is 17.3 Å². The lowest BCUT2D eigenvalue weighted by atomic mass is 9.81. The third-order valence-corrected chi connectivity index (χ3v) is 4.11. The lowest BCUT2D eigenvalue weighted by Gasteiger charge is -2.30. The van der Waals surface area contributed by atoms with Gasteiger partial charge in [0, 0.05) is 5.02 Å². The summed E-state index contributed by atoms with van der Waals surface area (Å²) in [5.74, 6) is 0.329. The smallest absolute Gasteiger partial charge is 0.0761 e. The molecule has 18 heavy (non-hydrogen) atoms. The molecule has 0 spiro atoms. The van der Waals surface area contributed by atoms with Crippen LogP contribution in [0.25, 0.3) is 0 Å². The first-order chi connectivity index (χ1) is 8.20. The number of hydrogen-bond acceptors (Lipinski definition) is 2. The molecule has 0 unspecified atom stereocenters. The van der Waals surface area contributed by atoms with E-state index >= 15 is 0 Å². The maximum Gasteiger partial charge on any atom is 0.0761 e. The van der Waals surface area contributed by atoms with Gasteiger partial charge in [0.2, 0.25) is 0 Å². The first kappa shape index (κ1) is 15.8. The van der Waals surface area contributed by atoms with Crippen LogP contribution in [0.1, 0.15) is 43.7 Å². The van der Waals surface area contributed by atoms with Crippen LogP contribution in [0.2, 0.25) is 5.02 Å². The van der Waals surface area contributed by atoms with Gasteiger partial charge in [-0.25, -0.2) is 0 Å². The molecule has 4 heteroatoms. The van der Waals surface area contributed by atoms with Crippen molar-refractivity contribution in [2.24, 2.45) is 11.7 Å². The third kappa shape index (κ3) is 3.61. The highest BCUT2D eigenvalue weighted by molar-refractivity contribution is 6.31. The number of nitrogens with two attached hydrogens (primary N) is 1. The molecule has 1 saturated carbocycles. The standard InChI is InChI=1S/C14H20ClNO.ClH/c15-12-9-5-4-8-11(12)13(16)14(17)10-6-2-1-3-7-10;/h4-5,8-10,13-14,17H,1-3,6-7,16H2;1H/t13-,14+;/m0./s1. The molecule has 0 amide bonds. The normalized spacial score (nSPS) is 19.9. The molecule has 0 aromatic heterocycles. The van der Waals surface area contributed by atoms with Gasteiger partial charge in [0.05, 0.1) is 12.1 Å². The number of hydrogen-bond donors (Lipinski definition) is 2. The van der Waals surface area contributed by atoms with Gasteiger partial charge in [-0.3, -0.25) is 0 Å². The number of halogens is 2. The first-order valence-corrected chi connectivity index (χ1v) is 6.76. The second-order valence-corrected chi connectivity index (χ2v) is 5.34. The molecular formula is C14H21Cl2NO. The predicted octanol–water partition coefficient (Wildman–Crippen LogP) is 3.70. The van der Waals surface area contributed by atoms with E-state index < -0.39 is 6.10 Å². The molecule has 1 fully saturated rings. The van der Waals surface area contributed by atoms with E-state index in [0.717, 1.165) is 18.4 Å². The van der Waals surface area contributed by atoms with E-state index in [9.17, 15) is 5.11 Å². The fourth-order valence-electron chi connectivity index (χ4n) is 2.70. The van der Waals surface area contributed by atoms with Crippen LogP contribution in [0.3, 0.4) is 0 Å². The molecule has 102 valence electrons. The van der Waals surface area contributed by atoms with Crippen LogP contribution < -0.4 is 5.73 Å². The Hall–Kier alpha value is -0.280. The Labute approximate surface area is 120 Å². The number of rotatable bonds is 3. The lowest BCUT2D eigenvalue weighted by Crippen LogP contribution is -2.34. The fraction of sp³-hybridized carbons (Fsp3) is 0.571. The van der Waals surface area contributed by atoms with Crippen molar-refractivity contribution in [3.8, 4) is 0 Å². The van der Waals surface area contributed by atoms with Gasteiger partial charge in [-0.15, -0.1) is 12.4 Å². The highest BCUT2D eigenvalue weighted by atomic mass is 35.5. The van der Waals surface area contributed by atoms with Crippen molar-refractivity contribution >= 4 is 24.0 Å². The second-order valence-electron chi connectivity index (χ2n) is 4.94. The summed E-state index contributed by atoms with van der Waals surface area (Å²) >= 11 is 6.11.